The van der Waals surface area contributed by atoms with Crippen molar-refractivity contribution in [1.29, 1.82) is 5.26 Å². The van der Waals surface area contributed by atoms with Crippen LogP contribution in [0.3, 0.4) is 0 Å². The molecule has 1 aliphatic heterocycles. The van der Waals surface area contributed by atoms with E-state index in [1.54, 1.807) is 23.0 Å². The Morgan fingerprint density at radius 1 is 1.32 bits per heavy atom. The standard InChI is InChI=1S/C22H17FN6O2/c1-11-16-7-14(23)3-4-15(16)21-13(10-29(2)27-21)6-18-20(17(8-24)28-31-18)12-5-19(30-11)22(25)26-9-12/h3-5,7,9-11H,6H2,1-2H3,(H2,25,26). The number of hydrogen-bond donors (Lipinski definition) is 1. The lowest BCUT2D eigenvalue weighted by Gasteiger charge is -2.20. The fourth-order valence-electron chi connectivity index (χ4n) is 3.91. The Hall–Kier alpha value is -4.19. The molecule has 0 amide bonds. The summed E-state index contributed by atoms with van der Waals surface area (Å²) in [5.41, 5.74) is 10.2. The summed E-state index contributed by atoms with van der Waals surface area (Å²) in [6.07, 6.45) is 3.20. The predicted octanol–water partition coefficient (Wildman–Crippen LogP) is 3.77. The van der Waals surface area contributed by atoms with E-state index in [9.17, 15) is 9.65 Å². The number of nitriles is 1. The van der Waals surface area contributed by atoms with Gasteiger partial charge >= 0.3 is 0 Å². The minimum absolute atomic E-state index is 0.144. The number of hydrogen-bond acceptors (Lipinski definition) is 7. The zero-order valence-corrected chi connectivity index (χ0v) is 16.8. The average molecular weight is 416 g/mol. The molecule has 1 atom stereocenters. The molecule has 9 heteroatoms. The van der Waals surface area contributed by atoms with Crippen LogP contribution in [0.15, 0.2) is 41.2 Å². The number of rotatable bonds is 0. The van der Waals surface area contributed by atoms with Crippen molar-refractivity contribution in [2.45, 2.75) is 19.4 Å². The van der Waals surface area contributed by atoms with Gasteiger partial charge in [-0.05, 0) is 31.2 Å². The van der Waals surface area contributed by atoms with E-state index in [4.69, 9.17) is 15.0 Å². The third-order valence-corrected chi connectivity index (χ3v) is 5.31. The first-order chi connectivity index (χ1) is 14.9. The molecule has 2 bridgehead atoms. The second kappa shape index (κ2) is 6.95. The molecule has 0 saturated heterocycles. The number of nitrogens with two attached hydrogens (primary N) is 1. The van der Waals surface area contributed by atoms with E-state index in [0.717, 1.165) is 11.1 Å². The van der Waals surface area contributed by atoms with E-state index in [1.165, 1.54) is 12.1 Å². The molecule has 0 radical (unpaired) electrons. The van der Waals surface area contributed by atoms with Gasteiger partial charge in [0.2, 0.25) is 0 Å². The van der Waals surface area contributed by atoms with Crippen LogP contribution in [0, 0.1) is 17.1 Å². The SMILES string of the molecule is CC1Oc2cc(cnc2N)-c2c(C#N)noc2Cc2cn(C)nc2-c2ccc(F)cc21. The number of ether oxygens (including phenoxy) is 1. The second-order valence-electron chi connectivity index (χ2n) is 7.39. The van der Waals surface area contributed by atoms with E-state index in [0.29, 0.717) is 40.3 Å². The van der Waals surface area contributed by atoms with Gasteiger partial charge in [0.15, 0.2) is 23.0 Å². The number of halogens is 1. The van der Waals surface area contributed by atoms with Crippen LogP contribution in [0.4, 0.5) is 10.2 Å². The fourth-order valence-corrected chi connectivity index (χ4v) is 3.91. The number of nitrogen functional groups attached to an aromatic ring is 1. The summed E-state index contributed by atoms with van der Waals surface area (Å²) in [5.74, 6) is 0.606. The Bertz CT molecular complexity index is 1370. The van der Waals surface area contributed by atoms with Crippen molar-refractivity contribution in [2.24, 2.45) is 7.05 Å². The second-order valence-corrected chi connectivity index (χ2v) is 7.39. The first-order valence-electron chi connectivity index (χ1n) is 9.58. The van der Waals surface area contributed by atoms with Gasteiger partial charge < -0.3 is 15.0 Å². The Morgan fingerprint density at radius 2 is 2.16 bits per heavy atom. The predicted molar refractivity (Wildman–Crippen MR) is 109 cm³/mol. The molecule has 0 spiro atoms. The molecule has 0 saturated carbocycles. The Balaban J connectivity index is 1.82. The molecule has 31 heavy (non-hydrogen) atoms. The molecule has 2 N–H and O–H groups in total. The van der Waals surface area contributed by atoms with Crippen molar-refractivity contribution in [3.8, 4) is 34.2 Å². The number of anilines is 1. The van der Waals surface area contributed by atoms with Crippen LogP contribution in [0.25, 0.3) is 22.4 Å². The lowest BCUT2D eigenvalue weighted by molar-refractivity contribution is 0.227. The van der Waals surface area contributed by atoms with Crippen molar-refractivity contribution >= 4 is 5.82 Å². The monoisotopic (exact) mass is 416 g/mol. The zero-order valence-electron chi connectivity index (χ0n) is 16.8. The normalized spacial score (nSPS) is 14.8. The summed E-state index contributed by atoms with van der Waals surface area (Å²) < 4.78 is 27.5. The summed E-state index contributed by atoms with van der Waals surface area (Å²) >= 11 is 0. The van der Waals surface area contributed by atoms with Gasteiger partial charge in [0, 0.05) is 48.1 Å². The van der Waals surface area contributed by atoms with Gasteiger partial charge in [-0.15, -0.1) is 0 Å². The molecule has 1 aliphatic rings. The van der Waals surface area contributed by atoms with Gasteiger partial charge in [-0.1, -0.05) is 5.16 Å². The maximum atomic E-state index is 14.2. The lowest BCUT2D eigenvalue weighted by Crippen LogP contribution is -2.09. The first-order valence-corrected chi connectivity index (χ1v) is 9.58. The summed E-state index contributed by atoms with van der Waals surface area (Å²) in [7, 11) is 1.81. The van der Waals surface area contributed by atoms with Crippen LogP contribution < -0.4 is 10.5 Å². The molecule has 5 rings (SSSR count). The first kappa shape index (κ1) is 18.8. The average Bonchev–Trinajstić information content (AvgIpc) is 3.32. The van der Waals surface area contributed by atoms with Gasteiger partial charge in [0.1, 0.15) is 18.0 Å². The lowest BCUT2D eigenvalue weighted by atomic mass is 9.95. The summed E-state index contributed by atoms with van der Waals surface area (Å²) in [4.78, 5) is 4.22. The smallest absolute Gasteiger partial charge is 0.191 e. The molecule has 0 aliphatic carbocycles. The molecule has 3 aromatic heterocycles. The van der Waals surface area contributed by atoms with Crippen molar-refractivity contribution in [3.63, 3.8) is 0 Å². The Kier molecular flexibility index (Phi) is 4.22. The minimum atomic E-state index is -0.545. The Morgan fingerprint density at radius 3 is 2.97 bits per heavy atom. The third kappa shape index (κ3) is 3.09. The number of benzene rings is 1. The van der Waals surface area contributed by atoms with Gasteiger partial charge in [-0.25, -0.2) is 9.37 Å². The van der Waals surface area contributed by atoms with Gasteiger partial charge in [0.05, 0.1) is 11.3 Å². The number of aryl methyl sites for hydroxylation is 1. The molecule has 154 valence electrons. The highest BCUT2D eigenvalue weighted by atomic mass is 19.1. The van der Waals surface area contributed by atoms with Gasteiger partial charge in [-0.2, -0.15) is 10.4 Å². The van der Waals surface area contributed by atoms with E-state index in [1.807, 2.05) is 20.2 Å². The highest BCUT2D eigenvalue weighted by Gasteiger charge is 2.26. The molecular weight excluding hydrogens is 399 g/mol. The van der Waals surface area contributed by atoms with Crippen LogP contribution in [0.2, 0.25) is 0 Å². The topological polar surface area (TPSA) is 116 Å². The molecular formula is C22H17FN6O2. The maximum Gasteiger partial charge on any atom is 0.191 e. The number of nitrogens with zero attached hydrogens (tertiary/aromatic N) is 5. The molecule has 1 aromatic carbocycles. The van der Waals surface area contributed by atoms with E-state index < -0.39 is 6.10 Å². The van der Waals surface area contributed by atoms with Crippen LogP contribution in [0.1, 0.15) is 35.6 Å². The maximum absolute atomic E-state index is 14.2. The van der Waals surface area contributed by atoms with Crippen molar-refractivity contribution < 1.29 is 13.7 Å². The quantitative estimate of drug-likeness (QED) is 0.464. The molecule has 4 heterocycles. The van der Waals surface area contributed by atoms with E-state index >= 15 is 0 Å². The fraction of sp³-hybridized carbons (Fsp3) is 0.182. The van der Waals surface area contributed by atoms with Gasteiger partial charge in [-0.3, -0.25) is 4.68 Å². The van der Waals surface area contributed by atoms with Crippen molar-refractivity contribution in [2.75, 3.05) is 5.73 Å². The summed E-state index contributed by atoms with van der Waals surface area (Å²) in [5, 5.41) is 18.1. The van der Waals surface area contributed by atoms with Crippen LogP contribution in [-0.2, 0) is 13.5 Å². The van der Waals surface area contributed by atoms with E-state index in [-0.39, 0.29) is 17.3 Å². The number of pyridine rings is 1. The van der Waals surface area contributed by atoms with Crippen LogP contribution >= 0.6 is 0 Å². The van der Waals surface area contributed by atoms with Crippen molar-refractivity contribution in [3.05, 3.63) is 65.1 Å². The van der Waals surface area contributed by atoms with Crippen LogP contribution in [0.5, 0.6) is 5.75 Å². The Labute approximate surface area is 176 Å². The van der Waals surface area contributed by atoms with Crippen LogP contribution in [-0.4, -0.2) is 19.9 Å². The number of fused-ring (bicyclic) bond motifs is 7. The highest BCUT2D eigenvalue weighted by molar-refractivity contribution is 5.75. The molecule has 8 nitrogen and oxygen atoms in total. The third-order valence-electron chi connectivity index (χ3n) is 5.31. The minimum Gasteiger partial charge on any atom is -0.482 e. The summed E-state index contributed by atoms with van der Waals surface area (Å²) in [6, 6.07) is 8.27. The number of aromatic nitrogens is 4. The molecule has 4 aromatic rings. The molecule has 1 unspecified atom stereocenters. The zero-order chi connectivity index (χ0) is 21.7. The van der Waals surface area contributed by atoms with Gasteiger partial charge in [0.25, 0.3) is 0 Å². The highest BCUT2D eigenvalue weighted by Crippen LogP contribution is 2.39. The summed E-state index contributed by atoms with van der Waals surface area (Å²) in [6.45, 7) is 1.81. The molecule has 0 fully saturated rings. The largest absolute Gasteiger partial charge is 0.482 e. The van der Waals surface area contributed by atoms with Crippen molar-refractivity contribution in [1.82, 2.24) is 19.9 Å². The van der Waals surface area contributed by atoms with E-state index in [2.05, 4.69) is 21.3 Å².